The van der Waals surface area contributed by atoms with E-state index in [-0.39, 0.29) is 11.8 Å². The lowest BCUT2D eigenvalue weighted by Gasteiger charge is -2.23. The van der Waals surface area contributed by atoms with Gasteiger partial charge < -0.3 is 10.6 Å². The molecule has 3 nitrogen and oxygen atoms in total. The van der Waals surface area contributed by atoms with Gasteiger partial charge in [0.2, 0.25) is 5.91 Å². The maximum atomic E-state index is 12.6. The first-order valence-electron chi connectivity index (χ1n) is 7.75. The third kappa shape index (κ3) is 3.83. The summed E-state index contributed by atoms with van der Waals surface area (Å²) in [5.74, 6) is 1.10. The molecular weight excluding hydrogens is 248 g/mol. The predicted molar refractivity (Wildman–Crippen MR) is 82.6 cm³/mol. The molecule has 1 saturated heterocycles. The van der Waals surface area contributed by atoms with E-state index in [9.17, 15) is 4.79 Å². The van der Waals surface area contributed by atoms with Crippen molar-refractivity contribution in [1.29, 1.82) is 0 Å². The van der Waals surface area contributed by atoms with E-state index >= 15 is 0 Å². The van der Waals surface area contributed by atoms with Gasteiger partial charge in [0.1, 0.15) is 0 Å². The van der Waals surface area contributed by atoms with Crippen molar-refractivity contribution in [3.8, 4) is 0 Å². The van der Waals surface area contributed by atoms with Crippen molar-refractivity contribution in [2.75, 3.05) is 19.6 Å². The summed E-state index contributed by atoms with van der Waals surface area (Å²) in [5.41, 5.74) is 1.13. The third-order valence-corrected chi connectivity index (χ3v) is 4.38. The fourth-order valence-corrected chi connectivity index (χ4v) is 2.88. The first-order valence-corrected chi connectivity index (χ1v) is 7.75. The van der Waals surface area contributed by atoms with Gasteiger partial charge in [-0.3, -0.25) is 4.79 Å². The van der Waals surface area contributed by atoms with Crippen LogP contribution in [0.4, 0.5) is 0 Å². The maximum Gasteiger partial charge on any atom is 0.227 e. The van der Waals surface area contributed by atoms with E-state index in [0.29, 0.717) is 11.8 Å². The average molecular weight is 274 g/mol. The van der Waals surface area contributed by atoms with Crippen molar-refractivity contribution < 1.29 is 4.79 Å². The molecule has 3 unspecified atom stereocenters. The van der Waals surface area contributed by atoms with Crippen LogP contribution in [0.25, 0.3) is 0 Å². The smallest absolute Gasteiger partial charge is 0.227 e. The summed E-state index contributed by atoms with van der Waals surface area (Å²) in [6.07, 6.45) is 2.18. The molecule has 3 heteroatoms. The van der Waals surface area contributed by atoms with Gasteiger partial charge in [0.05, 0.1) is 5.92 Å². The number of hydrogen-bond acceptors (Lipinski definition) is 2. The highest BCUT2D eigenvalue weighted by Gasteiger charge is 2.26. The molecule has 0 aromatic heterocycles. The van der Waals surface area contributed by atoms with Crippen LogP contribution in [0.5, 0.6) is 0 Å². The van der Waals surface area contributed by atoms with Crippen LogP contribution in [-0.4, -0.2) is 25.5 Å². The van der Waals surface area contributed by atoms with Crippen LogP contribution in [0.1, 0.15) is 38.2 Å². The van der Waals surface area contributed by atoms with Crippen molar-refractivity contribution in [2.45, 2.75) is 32.6 Å². The lowest BCUT2D eigenvalue weighted by Crippen LogP contribution is -2.36. The first-order chi connectivity index (χ1) is 9.72. The number of rotatable bonds is 6. The van der Waals surface area contributed by atoms with Crippen molar-refractivity contribution >= 4 is 5.91 Å². The van der Waals surface area contributed by atoms with Crippen LogP contribution in [0.3, 0.4) is 0 Å². The van der Waals surface area contributed by atoms with Gasteiger partial charge in [-0.05, 0) is 36.9 Å². The van der Waals surface area contributed by atoms with Crippen LogP contribution in [-0.2, 0) is 4.79 Å². The summed E-state index contributed by atoms with van der Waals surface area (Å²) >= 11 is 0. The summed E-state index contributed by atoms with van der Waals surface area (Å²) in [6.45, 7) is 7.21. The Morgan fingerprint density at radius 3 is 2.75 bits per heavy atom. The zero-order valence-corrected chi connectivity index (χ0v) is 12.6. The monoisotopic (exact) mass is 274 g/mol. The van der Waals surface area contributed by atoms with Gasteiger partial charge in [-0.1, -0.05) is 50.6 Å². The second-order valence-corrected chi connectivity index (χ2v) is 5.88. The number of amides is 1. The zero-order chi connectivity index (χ0) is 14.4. The van der Waals surface area contributed by atoms with Crippen LogP contribution in [0.15, 0.2) is 30.3 Å². The van der Waals surface area contributed by atoms with E-state index in [1.54, 1.807) is 0 Å². The predicted octanol–water partition coefficient (Wildman–Crippen LogP) is 2.54. The lowest BCUT2D eigenvalue weighted by molar-refractivity contribution is -0.123. The van der Waals surface area contributed by atoms with E-state index < -0.39 is 0 Å². The third-order valence-electron chi connectivity index (χ3n) is 4.38. The van der Waals surface area contributed by atoms with Crippen LogP contribution in [0, 0.1) is 11.8 Å². The van der Waals surface area contributed by atoms with Gasteiger partial charge in [-0.2, -0.15) is 0 Å². The van der Waals surface area contributed by atoms with Crippen molar-refractivity contribution in [3.63, 3.8) is 0 Å². The second-order valence-electron chi connectivity index (χ2n) is 5.88. The Hall–Kier alpha value is -1.35. The maximum absolute atomic E-state index is 12.6. The fraction of sp³-hybridized carbons (Fsp3) is 0.588. The summed E-state index contributed by atoms with van der Waals surface area (Å²) in [7, 11) is 0. The summed E-state index contributed by atoms with van der Waals surface area (Å²) in [6, 6.07) is 10.2. The topological polar surface area (TPSA) is 41.1 Å². The molecule has 1 heterocycles. The molecule has 1 aliphatic heterocycles. The van der Waals surface area contributed by atoms with Crippen molar-refractivity contribution in [3.05, 3.63) is 35.9 Å². The molecule has 20 heavy (non-hydrogen) atoms. The largest absolute Gasteiger partial charge is 0.355 e. The molecule has 1 aromatic carbocycles. The molecule has 0 bridgehead atoms. The Morgan fingerprint density at radius 1 is 1.40 bits per heavy atom. The van der Waals surface area contributed by atoms with Crippen molar-refractivity contribution in [1.82, 2.24) is 10.6 Å². The quantitative estimate of drug-likeness (QED) is 0.837. The fourth-order valence-electron chi connectivity index (χ4n) is 2.88. The van der Waals surface area contributed by atoms with Gasteiger partial charge in [0.25, 0.3) is 0 Å². The van der Waals surface area contributed by atoms with Crippen molar-refractivity contribution in [2.24, 2.45) is 11.8 Å². The molecule has 1 fully saturated rings. The second kappa shape index (κ2) is 7.44. The number of carbonyl (C=O) groups excluding carboxylic acids is 1. The highest BCUT2D eigenvalue weighted by Crippen LogP contribution is 2.27. The van der Waals surface area contributed by atoms with E-state index in [1.165, 1.54) is 6.42 Å². The molecule has 1 aromatic rings. The minimum Gasteiger partial charge on any atom is -0.355 e. The Labute approximate surface area is 122 Å². The molecule has 2 rings (SSSR count). The molecule has 0 saturated carbocycles. The average Bonchev–Trinajstić information content (AvgIpc) is 2.99. The van der Waals surface area contributed by atoms with Gasteiger partial charge in [0, 0.05) is 6.54 Å². The minimum atomic E-state index is -0.0319. The minimum absolute atomic E-state index is 0.0319. The zero-order valence-electron chi connectivity index (χ0n) is 12.6. The van der Waals surface area contributed by atoms with E-state index in [4.69, 9.17) is 0 Å². The standard InChI is InChI=1S/C17H26N2O/c1-3-13(2)16(15-7-5-4-6-8-15)17(20)19-12-14-9-10-18-11-14/h4-8,13-14,16,18H,3,9-12H2,1-2H3,(H,19,20). The van der Waals surface area contributed by atoms with Crippen LogP contribution >= 0.6 is 0 Å². The number of benzene rings is 1. The molecule has 1 aliphatic rings. The Kier molecular flexibility index (Phi) is 5.60. The Balaban J connectivity index is 2.00. The Morgan fingerprint density at radius 2 is 2.15 bits per heavy atom. The summed E-state index contributed by atoms with van der Waals surface area (Å²) in [5, 5.41) is 6.50. The molecular formula is C17H26N2O. The van der Waals surface area contributed by atoms with Crippen LogP contribution < -0.4 is 10.6 Å². The number of nitrogens with one attached hydrogen (secondary N) is 2. The number of hydrogen-bond donors (Lipinski definition) is 2. The van der Waals surface area contributed by atoms with Gasteiger partial charge >= 0.3 is 0 Å². The van der Waals surface area contributed by atoms with E-state index in [0.717, 1.165) is 31.6 Å². The molecule has 3 atom stereocenters. The van der Waals surface area contributed by atoms with Gasteiger partial charge in [0.15, 0.2) is 0 Å². The van der Waals surface area contributed by atoms with Gasteiger partial charge in [-0.25, -0.2) is 0 Å². The molecule has 0 radical (unpaired) electrons. The first kappa shape index (κ1) is 15.0. The molecule has 110 valence electrons. The molecule has 2 N–H and O–H groups in total. The highest BCUT2D eigenvalue weighted by molar-refractivity contribution is 5.83. The molecule has 0 spiro atoms. The van der Waals surface area contributed by atoms with Crippen LogP contribution in [0.2, 0.25) is 0 Å². The van der Waals surface area contributed by atoms with Gasteiger partial charge in [-0.15, -0.1) is 0 Å². The SMILES string of the molecule is CCC(C)C(C(=O)NCC1CCNC1)c1ccccc1. The molecule has 0 aliphatic carbocycles. The number of carbonyl (C=O) groups is 1. The normalized spacial score (nSPS) is 21.4. The highest BCUT2D eigenvalue weighted by atomic mass is 16.1. The summed E-state index contributed by atoms with van der Waals surface area (Å²) in [4.78, 5) is 12.6. The Bertz CT molecular complexity index is 412. The summed E-state index contributed by atoms with van der Waals surface area (Å²) < 4.78 is 0. The lowest BCUT2D eigenvalue weighted by atomic mass is 9.85. The molecule has 1 amide bonds. The van der Waals surface area contributed by atoms with E-state index in [1.807, 2.05) is 18.2 Å². The van der Waals surface area contributed by atoms with E-state index in [2.05, 4.69) is 36.6 Å².